The molecule has 1 rings (SSSR count). The number of hydrogen-bond donors (Lipinski definition) is 2. The number of pyridine rings is 1. The van der Waals surface area contributed by atoms with E-state index in [2.05, 4.69) is 77.2 Å². The van der Waals surface area contributed by atoms with Crippen molar-refractivity contribution < 1.29 is 28.7 Å². The maximum atomic E-state index is 12.6. The molecule has 0 aliphatic heterocycles. The summed E-state index contributed by atoms with van der Waals surface area (Å²) in [7, 11) is 1.17. The van der Waals surface area contributed by atoms with E-state index in [4.69, 9.17) is 9.47 Å². The molecule has 234 valence electrons. The van der Waals surface area contributed by atoms with Gasteiger partial charge in [0.15, 0.2) is 6.04 Å². The number of amides is 2. The summed E-state index contributed by atoms with van der Waals surface area (Å²) >= 11 is 0. The van der Waals surface area contributed by atoms with Gasteiger partial charge < -0.3 is 20.1 Å². The zero-order chi connectivity index (χ0) is 31.7. The molecule has 0 bridgehead atoms. The number of aromatic nitrogens is 1. The summed E-state index contributed by atoms with van der Waals surface area (Å²) in [6.07, 6.45) is 29.6. The minimum absolute atomic E-state index is 0.236. The third-order valence-corrected chi connectivity index (χ3v) is 6.10. The molecule has 0 aliphatic rings. The quantitative estimate of drug-likeness (QED) is 0.113. The number of methoxy groups -OCH3 is 1. The molecule has 3 atom stereocenters. The maximum absolute atomic E-state index is 12.6. The van der Waals surface area contributed by atoms with E-state index < -0.39 is 36.0 Å². The molecule has 1 heterocycles. The van der Waals surface area contributed by atoms with Gasteiger partial charge in [-0.1, -0.05) is 67.7 Å². The second-order valence-corrected chi connectivity index (χ2v) is 9.75. The zero-order valence-corrected chi connectivity index (χ0v) is 25.9. The van der Waals surface area contributed by atoms with Gasteiger partial charge in [0.2, 0.25) is 5.91 Å². The highest BCUT2D eigenvalue weighted by atomic mass is 16.6. The molecule has 0 aromatic carbocycles. The van der Waals surface area contributed by atoms with Gasteiger partial charge in [-0.2, -0.15) is 0 Å². The van der Waals surface area contributed by atoms with Gasteiger partial charge in [0.25, 0.3) is 5.91 Å². The van der Waals surface area contributed by atoms with E-state index in [9.17, 15) is 19.2 Å². The van der Waals surface area contributed by atoms with Crippen molar-refractivity contribution in [3.8, 4) is 0 Å². The number of carbonyl (C=O) groups is 4. The predicted octanol–water partition coefficient (Wildman–Crippen LogP) is 5.71. The van der Waals surface area contributed by atoms with Gasteiger partial charge in [0, 0.05) is 18.8 Å². The SMILES string of the molecule is CC/C=C\C/C=C\C/C=C\C/C=C\C/C=C\CCCC(=O)N[C@@H](C)C(=O)OC(C)C(NC(=O)c1cccnc1)C(=O)OC. The van der Waals surface area contributed by atoms with Gasteiger partial charge in [0.1, 0.15) is 12.1 Å². The molecule has 0 saturated carbocycles. The van der Waals surface area contributed by atoms with Crippen molar-refractivity contribution in [2.75, 3.05) is 7.11 Å². The predicted molar refractivity (Wildman–Crippen MR) is 169 cm³/mol. The Morgan fingerprint density at radius 3 is 1.95 bits per heavy atom. The Hall–Kier alpha value is -4.27. The number of rotatable bonds is 20. The highest BCUT2D eigenvalue weighted by Gasteiger charge is 2.32. The molecule has 1 aromatic rings. The lowest BCUT2D eigenvalue weighted by Gasteiger charge is -2.24. The van der Waals surface area contributed by atoms with Crippen molar-refractivity contribution in [1.82, 2.24) is 15.6 Å². The number of allylic oxidation sites excluding steroid dienone is 10. The third-order valence-electron chi connectivity index (χ3n) is 6.10. The molecule has 9 nitrogen and oxygen atoms in total. The fraction of sp³-hybridized carbons (Fsp3) is 0.441. The number of nitrogens with zero attached hydrogens (tertiary/aromatic N) is 1. The Balaban J connectivity index is 2.30. The van der Waals surface area contributed by atoms with Crippen LogP contribution in [0.3, 0.4) is 0 Å². The van der Waals surface area contributed by atoms with Crippen LogP contribution < -0.4 is 10.6 Å². The molecule has 2 N–H and O–H groups in total. The molecular formula is C34H47N3O6. The fourth-order valence-corrected chi connectivity index (χ4v) is 3.69. The van der Waals surface area contributed by atoms with Crippen LogP contribution in [0, 0.1) is 0 Å². The largest absolute Gasteiger partial charge is 0.467 e. The Morgan fingerprint density at radius 1 is 0.837 bits per heavy atom. The summed E-state index contributed by atoms with van der Waals surface area (Å²) in [5, 5.41) is 5.12. The molecule has 0 fully saturated rings. The molecule has 0 spiro atoms. The first-order chi connectivity index (χ1) is 20.8. The zero-order valence-electron chi connectivity index (χ0n) is 25.9. The second-order valence-electron chi connectivity index (χ2n) is 9.75. The first-order valence-electron chi connectivity index (χ1n) is 14.8. The highest BCUT2D eigenvalue weighted by molar-refractivity contribution is 5.96. The Labute approximate surface area is 256 Å². The lowest BCUT2D eigenvalue weighted by molar-refractivity contribution is -0.158. The number of ether oxygens (including phenoxy) is 2. The molecule has 0 radical (unpaired) electrons. The van der Waals surface area contributed by atoms with Gasteiger partial charge in [0.05, 0.1) is 12.7 Å². The summed E-state index contributed by atoms with van der Waals surface area (Å²) in [6, 6.07) is 0.940. The normalized spacial score (nSPS) is 14.0. The molecule has 1 aromatic heterocycles. The van der Waals surface area contributed by atoms with Crippen molar-refractivity contribution in [2.24, 2.45) is 0 Å². The average molecular weight is 594 g/mol. The van der Waals surface area contributed by atoms with Crippen LogP contribution in [0.5, 0.6) is 0 Å². The van der Waals surface area contributed by atoms with Crippen molar-refractivity contribution >= 4 is 23.8 Å². The Morgan fingerprint density at radius 2 is 1.42 bits per heavy atom. The van der Waals surface area contributed by atoms with Crippen molar-refractivity contribution in [3.63, 3.8) is 0 Å². The van der Waals surface area contributed by atoms with E-state index >= 15 is 0 Å². The van der Waals surface area contributed by atoms with Gasteiger partial charge in [-0.15, -0.1) is 0 Å². The number of carbonyl (C=O) groups excluding carboxylic acids is 4. The standard InChI is InChI=1S/C34H47N3O6/c1-5-6-7-8-9-10-11-12-13-14-15-16-17-18-19-20-21-24-30(38)36-27(2)33(40)43-28(3)31(34(41)42-4)37-32(39)29-23-22-25-35-26-29/h6-7,9-10,12-13,15-16,18-19,22-23,25-28,31H,5,8,11,14,17,20-21,24H2,1-4H3,(H,36,38)(H,37,39)/b7-6-,10-9-,13-12-,16-15-,19-18-/t27-,28?,31?/m0/s1. The number of hydrogen-bond acceptors (Lipinski definition) is 7. The molecule has 0 aliphatic carbocycles. The van der Waals surface area contributed by atoms with Crippen LogP contribution in [0.25, 0.3) is 0 Å². The maximum Gasteiger partial charge on any atom is 0.332 e. The van der Waals surface area contributed by atoms with Gasteiger partial charge >= 0.3 is 11.9 Å². The molecule has 0 saturated heterocycles. The smallest absolute Gasteiger partial charge is 0.332 e. The number of nitrogens with one attached hydrogen (secondary N) is 2. The summed E-state index contributed by atoms with van der Waals surface area (Å²) in [6.45, 7) is 5.09. The van der Waals surface area contributed by atoms with Gasteiger partial charge in [-0.05, 0) is 70.9 Å². The second kappa shape index (κ2) is 23.3. The molecule has 2 amide bonds. The van der Waals surface area contributed by atoms with Crippen LogP contribution in [0.1, 0.15) is 82.5 Å². The van der Waals surface area contributed by atoms with Crippen LogP contribution in [-0.2, 0) is 23.9 Å². The first kappa shape index (κ1) is 36.8. The van der Waals surface area contributed by atoms with Crippen molar-refractivity contribution in [3.05, 3.63) is 90.9 Å². The van der Waals surface area contributed by atoms with E-state index in [0.717, 1.165) is 38.5 Å². The number of esters is 2. The molecule has 2 unspecified atom stereocenters. The van der Waals surface area contributed by atoms with Crippen molar-refractivity contribution in [1.29, 1.82) is 0 Å². The molecular weight excluding hydrogens is 546 g/mol. The molecule has 43 heavy (non-hydrogen) atoms. The van der Waals surface area contributed by atoms with E-state index in [1.807, 2.05) is 6.08 Å². The number of unbranched alkanes of at least 4 members (excludes halogenated alkanes) is 1. The lowest BCUT2D eigenvalue weighted by atomic mass is 10.1. The van der Waals surface area contributed by atoms with E-state index in [1.165, 1.54) is 39.4 Å². The van der Waals surface area contributed by atoms with Crippen molar-refractivity contribution in [2.45, 2.75) is 90.3 Å². The summed E-state index contributed by atoms with van der Waals surface area (Å²) < 4.78 is 10.1. The first-order valence-corrected chi connectivity index (χ1v) is 14.8. The van der Waals surface area contributed by atoms with E-state index in [0.29, 0.717) is 6.42 Å². The minimum Gasteiger partial charge on any atom is -0.467 e. The highest BCUT2D eigenvalue weighted by Crippen LogP contribution is 2.07. The van der Waals surface area contributed by atoms with Crippen LogP contribution in [-0.4, -0.2) is 54.0 Å². The third kappa shape index (κ3) is 17.3. The van der Waals surface area contributed by atoms with E-state index in [-0.39, 0.29) is 17.9 Å². The topological polar surface area (TPSA) is 124 Å². The molecule has 9 heteroatoms. The minimum atomic E-state index is -1.24. The van der Waals surface area contributed by atoms with Crippen LogP contribution >= 0.6 is 0 Å². The summed E-state index contributed by atoms with van der Waals surface area (Å²) in [4.78, 5) is 53.4. The Kier molecular flexibility index (Phi) is 19.9. The van der Waals surface area contributed by atoms with Gasteiger partial charge in [-0.25, -0.2) is 9.59 Å². The monoisotopic (exact) mass is 593 g/mol. The van der Waals surface area contributed by atoms with Gasteiger partial charge in [-0.3, -0.25) is 14.6 Å². The van der Waals surface area contributed by atoms with Crippen LogP contribution in [0.2, 0.25) is 0 Å². The van der Waals surface area contributed by atoms with Crippen LogP contribution in [0.15, 0.2) is 85.3 Å². The average Bonchev–Trinajstić information content (AvgIpc) is 3.01. The van der Waals surface area contributed by atoms with E-state index in [1.54, 1.807) is 6.07 Å². The fourth-order valence-electron chi connectivity index (χ4n) is 3.69. The van der Waals surface area contributed by atoms with Crippen LogP contribution in [0.4, 0.5) is 0 Å². The summed E-state index contributed by atoms with van der Waals surface area (Å²) in [5.74, 6) is -2.36. The Bertz CT molecular complexity index is 1120. The lowest BCUT2D eigenvalue weighted by Crippen LogP contribution is -2.51. The summed E-state index contributed by atoms with van der Waals surface area (Å²) in [5.41, 5.74) is 0.236.